The van der Waals surface area contributed by atoms with Crippen LogP contribution < -0.4 is 5.32 Å². The van der Waals surface area contributed by atoms with Crippen LogP contribution in [0.15, 0.2) is 36.7 Å². The normalized spacial score (nSPS) is 13.8. The molecular weight excluding hydrogens is 354 g/mol. The molecule has 3 aromatic rings. The highest BCUT2D eigenvalue weighted by Crippen LogP contribution is 2.40. The van der Waals surface area contributed by atoms with Crippen molar-refractivity contribution < 1.29 is 14.6 Å². The van der Waals surface area contributed by atoms with Crippen LogP contribution in [-0.2, 0) is 18.2 Å². The van der Waals surface area contributed by atoms with E-state index in [0.29, 0.717) is 24.9 Å². The average Bonchev–Trinajstić information content (AvgIpc) is 3.45. The van der Waals surface area contributed by atoms with E-state index in [1.807, 2.05) is 26.2 Å². The van der Waals surface area contributed by atoms with E-state index in [9.17, 15) is 9.90 Å². The third-order valence-corrected chi connectivity index (χ3v) is 5.22. The Kier molecular flexibility index (Phi) is 5.05. The number of nitrogens with one attached hydrogen (secondary N) is 1. The van der Waals surface area contributed by atoms with E-state index >= 15 is 0 Å². The molecule has 0 aliphatic heterocycles. The van der Waals surface area contributed by atoms with Gasteiger partial charge < -0.3 is 19.7 Å². The van der Waals surface area contributed by atoms with E-state index in [-0.39, 0.29) is 5.56 Å². The molecule has 0 saturated heterocycles. The van der Waals surface area contributed by atoms with Crippen molar-refractivity contribution in [1.29, 1.82) is 0 Å². The summed E-state index contributed by atoms with van der Waals surface area (Å²) in [7, 11) is 2.03. The molecule has 146 valence electrons. The topological polar surface area (TPSA) is 76.4 Å². The minimum atomic E-state index is -0.963. The quantitative estimate of drug-likeness (QED) is 0.565. The van der Waals surface area contributed by atoms with Crippen LogP contribution in [0.3, 0.4) is 0 Å². The number of aromatic nitrogens is 2. The largest absolute Gasteiger partial charge is 0.478 e. The second-order valence-corrected chi connectivity index (χ2v) is 7.32. The third kappa shape index (κ3) is 3.73. The zero-order valence-corrected chi connectivity index (χ0v) is 16.2. The summed E-state index contributed by atoms with van der Waals surface area (Å²) >= 11 is 0. The summed E-state index contributed by atoms with van der Waals surface area (Å²) in [6, 6.07) is 7.91. The molecule has 1 fully saturated rings. The van der Waals surface area contributed by atoms with Crippen molar-refractivity contribution in [2.24, 2.45) is 7.05 Å². The lowest BCUT2D eigenvalue weighted by molar-refractivity contribution is 0.0697. The summed E-state index contributed by atoms with van der Waals surface area (Å²) in [5, 5.41) is 14.0. The maximum Gasteiger partial charge on any atom is 0.339 e. The van der Waals surface area contributed by atoms with Crippen molar-refractivity contribution >= 4 is 28.4 Å². The predicted octanol–water partition coefficient (Wildman–Crippen LogP) is 4.47. The fourth-order valence-electron chi connectivity index (χ4n) is 3.65. The SMILES string of the molecule is CCOCCc1cc(Nc2ncc(C3CC3)cc2C(=O)O)cc2ccn(C)c12. The van der Waals surface area contributed by atoms with E-state index in [1.165, 1.54) is 5.52 Å². The Morgan fingerprint density at radius 3 is 2.89 bits per heavy atom. The maximum atomic E-state index is 11.8. The molecule has 0 radical (unpaired) electrons. The van der Waals surface area contributed by atoms with Gasteiger partial charge in [-0.05, 0) is 67.5 Å². The molecule has 0 atom stereocenters. The van der Waals surface area contributed by atoms with Gasteiger partial charge >= 0.3 is 5.97 Å². The van der Waals surface area contributed by atoms with Gasteiger partial charge in [0.15, 0.2) is 0 Å². The Balaban J connectivity index is 1.68. The third-order valence-electron chi connectivity index (χ3n) is 5.22. The number of anilines is 2. The van der Waals surface area contributed by atoms with Crippen LogP contribution >= 0.6 is 0 Å². The second-order valence-electron chi connectivity index (χ2n) is 7.32. The first-order valence-electron chi connectivity index (χ1n) is 9.72. The monoisotopic (exact) mass is 379 g/mol. The minimum Gasteiger partial charge on any atom is -0.478 e. The molecule has 0 spiro atoms. The molecule has 4 rings (SSSR count). The molecule has 1 aliphatic carbocycles. The van der Waals surface area contributed by atoms with Gasteiger partial charge in [0.25, 0.3) is 0 Å². The van der Waals surface area contributed by atoms with Gasteiger partial charge in [0.1, 0.15) is 11.4 Å². The molecule has 2 heterocycles. The van der Waals surface area contributed by atoms with Crippen LogP contribution in [0.1, 0.15) is 47.2 Å². The number of aromatic carboxylic acids is 1. The Labute approximate surface area is 164 Å². The van der Waals surface area contributed by atoms with E-state index in [1.54, 1.807) is 12.3 Å². The molecule has 0 bridgehead atoms. The zero-order chi connectivity index (χ0) is 19.7. The number of aryl methyl sites for hydroxylation is 1. The highest BCUT2D eigenvalue weighted by molar-refractivity contribution is 5.95. The van der Waals surface area contributed by atoms with E-state index in [2.05, 4.69) is 27.0 Å². The van der Waals surface area contributed by atoms with Gasteiger partial charge in [0.2, 0.25) is 0 Å². The first-order chi connectivity index (χ1) is 13.6. The van der Waals surface area contributed by atoms with Crippen molar-refractivity contribution in [3.8, 4) is 0 Å². The summed E-state index contributed by atoms with van der Waals surface area (Å²) in [5.41, 5.74) is 4.39. The van der Waals surface area contributed by atoms with Crippen LogP contribution in [0.25, 0.3) is 10.9 Å². The van der Waals surface area contributed by atoms with Gasteiger partial charge in [0, 0.05) is 37.1 Å². The van der Waals surface area contributed by atoms with Gasteiger partial charge in [-0.25, -0.2) is 9.78 Å². The van der Waals surface area contributed by atoms with E-state index < -0.39 is 5.97 Å². The number of benzene rings is 1. The van der Waals surface area contributed by atoms with E-state index in [4.69, 9.17) is 4.74 Å². The van der Waals surface area contributed by atoms with Crippen LogP contribution in [0, 0.1) is 0 Å². The number of nitrogens with zero attached hydrogens (tertiary/aromatic N) is 2. The van der Waals surface area contributed by atoms with Gasteiger partial charge in [-0.15, -0.1) is 0 Å². The average molecular weight is 379 g/mol. The molecule has 0 unspecified atom stereocenters. The Morgan fingerprint density at radius 1 is 1.36 bits per heavy atom. The molecule has 0 amide bonds. The number of fused-ring (bicyclic) bond motifs is 1. The van der Waals surface area contributed by atoms with Gasteiger partial charge in [-0.2, -0.15) is 0 Å². The number of pyridine rings is 1. The summed E-state index contributed by atoms with van der Waals surface area (Å²) < 4.78 is 7.64. The number of hydrogen-bond donors (Lipinski definition) is 2. The maximum absolute atomic E-state index is 11.8. The van der Waals surface area contributed by atoms with Crippen molar-refractivity contribution in [3.05, 3.63) is 53.3 Å². The lowest BCUT2D eigenvalue weighted by Gasteiger charge is -2.13. The highest BCUT2D eigenvalue weighted by Gasteiger charge is 2.26. The van der Waals surface area contributed by atoms with Crippen LogP contribution in [0.4, 0.5) is 11.5 Å². The molecule has 1 aliphatic rings. The number of carboxylic acid groups (broad SMARTS) is 1. The molecule has 2 aromatic heterocycles. The van der Waals surface area contributed by atoms with Gasteiger partial charge in [0.05, 0.1) is 12.1 Å². The summed E-state index contributed by atoms with van der Waals surface area (Å²) in [6.45, 7) is 3.32. The standard InChI is InChI=1S/C22H25N3O3/c1-3-28-9-7-16-11-18(10-15-6-8-25(2)20(15)16)24-21-19(22(26)27)12-17(13-23-21)14-4-5-14/h6,8,10-14H,3-5,7,9H2,1-2H3,(H,23,24)(H,26,27). The molecular formula is C22H25N3O3. The number of ether oxygens (including phenoxy) is 1. The molecule has 1 saturated carbocycles. The van der Waals surface area contributed by atoms with Gasteiger partial charge in [-0.3, -0.25) is 0 Å². The van der Waals surface area contributed by atoms with E-state index in [0.717, 1.165) is 41.5 Å². The fourth-order valence-corrected chi connectivity index (χ4v) is 3.65. The van der Waals surface area contributed by atoms with Crippen molar-refractivity contribution in [2.45, 2.75) is 32.1 Å². The molecule has 6 heteroatoms. The van der Waals surface area contributed by atoms with Crippen molar-refractivity contribution in [1.82, 2.24) is 9.55 Å². The lowest BCUT2D eigenvalue weighted by atomic mass is 10.1. The molecule has 2 N–H and O–H groups in total. The Hall–Kier alpha value is -2.86. The zero-order valence-electron chi connectivity index (χ0n) is 16.2. The van der Waals surface area contributed by atoms with Crippen molar-refractivity contribution in [2.75, 3.05) is 18.5 Å². The molecule has 28 heavy (non-hydrogen) atoms. The lowest BCUT2D eigenvalue weighted by Crippen LogP contribution is -2.07. The van der Waals surface area contributed by atoms with Crippen molar-refractivity contribution in [3.63, 3.8) is 0 Å². The van der Waals surface area contributed by atoms with Crippen LogP contribution in [0.5, 0.6) is 0 Å². The van der Waals surface area contributed by atoms with Gasteiger partial charge in [-0.1, -0.05) is 0 Å². The molecule has 6 nitrogen and oxygen atoms in total. The Bertz CT molecular complexity index is 1020. The first kappa shape index (κ1) is 18.5. The number of carboxylic acids is 1. The fraction of sp³-hybridized carbons (Fsp3) is 0.364. The molecule has 1 aromatic carbocycles. The minimum absolute atomic E-state index is 0.216. The predicted molar refractivity (Wildman–Crippen MR) is 110 cm³/mol. The second kappa shape index (κ2) is 7.64. The summed E-state index contributed by atoms with van der Waals surface area (Å²) in [6.07, 6.45) is 6.84. The number of carbonyl (C=O) groups is 1. The summed E-state index contributed by atoms with van der Waals surface area (Å²) in [5.74, 6) is -0.122. The smallest absolute Gasteiger partial charge is 0.339 e. The van der Waals surface area contributed by atoms with Crippen LogP contribution in [-0.4, -0.2) is 33.8 Å². The number of hydrogen-bond acceptors (Lipinski definition) is 4. The number of rotatable bonds is 8. The van der Waals surface area contributed by atoms with Crippen LogP contribution in [0.2, 0.25) is 0 Å². The Morgan fingerprint density at radius 2 is 2.18 bits per heavy atom. The highest BCUT2D eigenvalue weighted by atomic mass is 16.5. The first-order valence-corrected chi connectivity index (χ1v) is 9.72. The summed E-state index contributed by atoms with van der Waals surface area (Å²) in [4.78, 5) is 16.2.